The predicted octanol–water partition coefficient (Wildman–Crippen LogP) is 1.67. The minimum Gasteiger partial charge on any atom is -0.348 e. The summed E-state index contributed by atoms with van der Waals surface area (Å²) in [4.78, 5) is 38.6. The van der Waals surface area contributed by atoms with Crippen molar-refractivity contribution in [3.05, 3.63) is 35.4 Å². The number of rotatable bonds is 6. The maximum Gasteiger partial charge on any atom is 0.325 e. The van der Waals surface area contributed by atoms with Crippen molar-refractivity contribution in [1.82, 2.24) is 15.5 Å². The molecule has 1 aromatic carbocycles. The van der Waals surface area contributed by atoms with Gasteiger partial charge in [-0.2, -0.15) is 0 Å². The standard InChI is InChI=1S/C19H28N4O3.ClH/c1-12(2)18(4,11-20)21-15(24)10-23-16(25)19(5,22-17(23)26)14-8-6-13(3)7-9-14;/h6-9,12H,10-11,20H2,1-5H3,(H,21,24)(H,22,26);1H. The normalized spacial score (nSPS) is 21.5. The lowest BCUT2D eigenvalue weighted by atomic mass is 9.88. The van der Waals surface area contributed by atoms with Crippen LogP contribution in [0.4, 0.5) is 4.79 Å². The van der Waals surface area contributed by atoms with E-state index in [1.807, 2.05) is 39.8 Å². The first-order valence-electron chi connectivity index (χ1n) is 8.76. The molecular weight excluding hydrogens is 368 g/mol. The summed E-state index contributed by atoms with van der Waals surface area (Å²) in [7, 11) is 0. The lowest BCUT2D eigenvalue weighted by Gasteiger charge is -2.34. The van der Waals surface area contributed by atoms with E-state index >= 15 is 0 Å². The third-order valence-electron chi connectivity index (χ3n) is 5.33. The third-order valence-corrected chi connectivity index (χ3v) is 5.33. The summed E-state index contributed by atoms with van der Waals surface area (Å²) in [6.45, 7) is 9.27. The van der Waals surface area contributed by atoms with Gasteiger partial charge in [0.25, 0.3) is 5.91 Å². The van der Waals surface area contributed by atoms with Gasteiger partial charge in [0.1, 0.15) is 12.1 Å². The van der Waals surface area contributed by atoms with Crippen molar-refractivity contribution < 1.29 is 14.4 Å². The molecule has 0 aromatic heterocycles. The zero-order chi connectivity index (χ0) is 19.7. The Bertz CT molecular complexity index is 722. The molecule has 0 aliphatic carbocycles. The molecule has 1 aliphatic heterocycles. The smallest absolute Gasteiger partial charge is 0.325 e. The largest absolute Gasteiger partial charge is 0.348 e. The SMILES string of the molecule is Cc1ccc(C2(C)NC(=O)N(CC(=O)NC(C)(CN)C(C)C)C2=O)cc1.Cl. The molecule has 7 nitrogen and oxygen atoms in total. The number of benzene rings is 1. The van der Waals surface area contributed by atoms with Crippen LogP contribution in [0.15, 0.2) is 24.3 Å². The highest BCUT2D eigenvalue weighted by Gasteiger charge is 2.49. The van der Waals surface area contributed by atoms with E-state index in [0.29, 0.717) is 5.56 Å². The van der Waals surface area contributed by atoms with Gasteiger partial charge in [-0.1, -0.05) is 43.7 Å². The molecule has 0 spiro atoms. The van der Waals surface area contributed by atoms with Crippen molar-refractivity contribution in [2.24, 2.45) is 11.7 Å². The molecule has 0 bridgehead atoms. The summed E-state index contributed by atoms with van der Waals surface area (Å²) in [6.07, 6.45) is 0. The Labute approximate surface area is 166 Å². The fourth-order valence-corrected chi connectivity index (χ4v) is 2.86. The minimum absolute atomic E-state index is 0. The maximum atomic E-state index is 12.9. The Morgan fingerprint density at radius 2 is 1.85 bits per heavy atom. The minimum atomic E-state index is -1.18. The van der Waals surface area contributed by atoms with Crippen LogP contribution >= 0.6 is 12.4 Å². The van der Waals surface area contributed by atoms with Crippen molar-refractivity contribution >= 4 is 30.3 Å². The van der Waals surface area contributed by atoms with E-state index in [-0.39, 0.29) is 31.4 Å². The summed E-state index contributed by atoms with van der Waals surface area (Å²) in [6, 6.07) is 6.80. The molecule has 2 unspecified atom stereocenters. The molecule has 1 aromatic rings. The number of nitrogens with one attached hydrogen (secondary N) is 2. The van der Waals surface area contributed by atoms with Crippen molar-refractivity contribution in [3.8, 4) is 0 Å². The van der Waals surface area contributed by atoms with Crippen LogP contribution in [0.1, 0.15) is 38.8 Å². The summed E-state index contributed by atoms with van der Waals surface area (Å²) in [5.41, 5.74) is 5.73. The summed E-state index contributed by atoms with van der Waals surface area (Å²) in [5.74, 6) is -0.749. The number of nitrogens with two attached hydrogens (primary N) is 1. The lowest BCUT2D eigenvalue weighted by Crippen LogP contribution is -2.57. The average molecular weight is 397 g/mol. The molecule has 1 heterocycles. The fraction of sp³-hybridized carbons (Fsp3) is 0.526. The van der Waals surface area contributed by atoms with Gasteiger partial charge < -0.3 is 16.4 Å². The fourth-order valence-electron chi connectivity index (χ4n) is 2.86. The highest BCUT2D eigenvalue weighted by molar-refractivity contribution is 6.09. The van der Waals surface area contributed by atoms with Gasteiger partial charge >= 0.3 is 6.03 Å². The number of amides is 4. The number of halogens is 1. The molecule has 0 saturated carbocycles. The number of nitrogens with zero attached hydrogens (tertiary/aromatic N) is 1. The van der Waals surface area contributed by atoms with Gasteiger partial charge in [-0.25, -0.2) is 4.79 Å². The van der Waals surface area contributed by atoms with E-state index in [9.17, 15) is 14.4 Å². The van der Waals surface area contributed by atoms with Gasteiger partial charge in [0.15, 0.2) is 0 Å². The first kappa shape index (κ1) is 22.9. The van der Waals surface area contributed by atoms with Crippen LogP contribution in [-0.4, -0.2) is 41.4 Å². The summed E-state index contributed by atoms with van der Waals surface area (Å²) < 4.78 is 0. The second kappa shape index (κ2) is 8.27. The highest BCUT2D eigenvalue weighted by atomic mass is 35.5. The topological polar surface area (TPSA) is 105 Å². The molecule has 27 heavy (non-hydrogen) atoms. The molecule has 1 aliphatic rings. The van der Waals surface area contributed by atoms with Crippen LogP contribution < -0.4 is 16.4 Å². The second-order valence-electron chi connectivity index (χ2n) is 7.64. The van der Waals surface area contributed by atoms with Crippen LogP contribution in [0, 0.1) is 12.8 Å². The number of carbonyl (C=O) groups excluding carboxylic acids is 3. The quantitative estimate of drug-likeness (QED) is 0.636. The molecule has 0 radical (unpaired) electrons. The maximum absolute atomic E-state index is 12.9. The molecule has 4 N–H and O–H groups in total. The van der Waals surface area contributed by atoms with Gasteiger partial charge in [-0.15, -0.1) is 12.4 Å². The molecule has 4 amide bonds. The van der Waals surface area contributed by atoms with E-state index in [2.05, 4.69) is 10.6 Å². The Morgan fingerprint density at radius 1 is 1.30 bits per heavy atom. The molecule has 8 heteroatoms. The van der Waals surface area contributed by atoms with Crippen LogP contribution in [0.25, 0.3) is 0 Å². The molecular formula is C19H29ClN4O3. The van der Waals surface area contributed by atoms with E-state index in [4.69, 9.17) is 5.73 Å². The molecule has 150 valence electrons. The van der Waals surface area contributed by atoms with E-state index in [1.54, 1.807) is 19.1 Å². The summed E-state index contributed by atoms with van der Waals surface area (Å²) in [5, 5.41) is 5.55. The van der Waals surface area contributed by atoms with E-state index < -0.39 is 28.9 Å². The van der Waals surface area contributed by atoms with Crippen molar-refractivity contribution in [2.45, 2.75) is 45.7 Å². The molecule has 1 fully saturated rings. The lowest BCUT2D eigenvalue weighted by molar-refractivity contribution is -0.135. The number of hydrogen-bond donors (Lipinski definition) is 3. The average Bonchev–Trinajstić information content (AvgIpc) is 2.79. The predicted molar refractivity (Wildman–Crippen MR) is 106 cm³/mol. The zero-order valence-electron chi connectivity index (χ0n) is 16.5. The molecule has 2 atom stereocenters. The van der Waals surface area contributed by atoms with Gasteiger partial charge in [0, 0.05) is 6.54 Å². The van der Waals surface area contributed by atoms with Crippen LogP contribution in [0.2, 0.25) is 0 Å². The van der Waals surface area contributed by atoms with Gasteiger partial charge in [-0.05, 0) is 32.3 Å². The summed E-state index contributed by atoms with van der Waals surface area (Å²) >= 11 is 0. The first-order valence-corrected chi connectivity index (χ1v) is 8.76. The Morgan fingerprint density at radius 3 is 2.33 bits per heavy atom. The number of hydrogen-bond acceptors (Lipinski definition) is 4. The Kier molecular flexibility index (Phi) is 7.02. The van der Waals surface area contributed by atoms with Gasteiger partial charge in [0.2, 0.25) is 5.91 Å². The first-order chi connectivity index (χ1) is 12.0. The van der Waals surface area contributed by atoms with Crippen LogP contribution in [0.5, 0.6) is 0 Å². The molecule has 2 rings (SSSR count). The molecule has 1 saturated heterocycles. The monoisotopic (exact) mass is 396 g/mol. The number of carbonyl (C=O) groups is 3. The van der Waals surface area contributed by atoms with Crippen LogP contribution in [0.3, 0.4) is 0 Å². The Balaban J connectivity index is 0.00000364. The Hall–Kier alpha value is -2.12. The number of imide groups is 1. The second-order valence-corrected chi connectivity index (χ2v) is 7.64. The van der Waals surface area contributed by atoms with Crippen molar-refractivity contribution in [2.75, 3.05) is 13.1 Å². The van der Waals surface area contributed by atoms with E-state index in [1.165, 1.54) is 0 Å². The third kappa shape index (κ3) is 4.42. The van der Waals surface area contributed by atoms with Gasteiger partial charge in [0.05, 0.1) is 5.54 Å². The highest BCUT2D eigenvalue weighted by Crippen LogP contribution is 2.29. The van der Waals surface area contributed by atoms with Crippen LogP contribution in [-0.2, 0) is 15.1 Å². The zero-order valence-corrected chi connectivity index (χ0v) is 17.3. The van der Waals surface area contributed by atoms with Gasteiger partial charge in [-0.3, -0.25) is 14.5 Å². The number of urea groups is 1. The van der Waals surface area contributed by atoms with Crippen molar-refractivity contribution in [3.63, 3.8) is 0 Å². The van der Waals surface area contributed by atoms with E-state index in [0.717, 1.165) is 10.5 Å². The number of aryl methyl sites for hydroxylation is 1. The van der Waals surface area contributed by atoms with Crippen molar-refractivity contribution in [1.29, 1.82) is 0 Å².